The SMILES string of the molecule is C=CN=C(C(=C)F)C1=NC(c2ccc(F)cc2Cl)C(C(=O)OC)=C(CN(CCO)CCO)N1. The molecule has 8 nitrogen and oxygen atoms in total. The van der Waals surface area contributed by atoms with E-state index in [0.29, 0.717) is 0 Å². The molecule has 0 saturated heterocycles. The summed E-state index contributed by atoms with van der Waals surface area (Å²) >= 11 is 6.26. The van der Waals surface area contributed by atoms with Crippen molar-refractivity contribution < 1.29 is 28.5 Å². The molecule has 3 N–H and O–H groups in total. The predicted molar refractivity (Wildman–Crippen MR) is 122 cm³/mol. The maximum absolute atomic E-state index is 14.2. The molecule has 0 amide bonds. The van der Waals surface area contributed by atoms with Crippen LogP contribution in [0.25, 0.3) is 0 Å². The van der Waals surface area contributed by atoms with Crippen molar-refractivity contribution in [1.82, 2.24) is 10.2 Å². The van der Waals surface area contributed by atoms with E-state index in [4.69, 9.17) is 16.3 Å². The molecule has 1 atom stereocenters. The van der Waals surface area contributed by atoms with Crippen molar-refractivity contribution in [2.75, 3.05) is 40.0 Å². The van der Waals surface area contributed by atoms with Gasteiger partial charge >= 0.3 is 5.97 Å². The quantitative estimate of drug-likeness (QED) is 0.330. The Labute approximate surface area is 195 Å². The van der Waals surface area contributed by atoms with Gasteiger partial charge in [-0.1, -0.05) is 30.8 Å². The van der Waals surface area contributed by atoms with Crippen LogP contribution in [0.2, 0.25) is 5.02 Å². The highest BCUT2D eigenvalue weighted by Crippen LogP contribution is 2.36. The molecule has 1 aliphatic rings. The monoisotopic (exact) mass is 482 g/mol. The number of aliphatic hydroxyl groups excluding tert-OH is 2. The summed E-state index contributed by atoms with van der Waals surface area (Å²) in [6, 6.07) is 2.49. The highest BCUT2D eigenvalue weighted by Gasteiger charge is 2.35. The lowest BCUT2D eigenvalue weighted by molar-refractivity contribution is -0.136. The molecule has 0 fully saturated rings. The van der Waals surface area contributed by atoms with Crippen LogP contribution in [0.5, 0.6) is 0 Å². The zero-order valence-corrected chi connectivity index (χ0v) is 18.8. The van der Waals surface area contributed by atoms with Gasteiger partial charge in [0, 0.05) is 42.1 Å². The van der Waals surface area contributed by atoms with Gasteiger partial charge in [0.1, 0.15) is 23.4 Å². The first kappa shape index (κ1) is 26.3. The Bertz CT molecular complexity index is 1000. The average molecular weight is 483 g/mol. The van der Waals surface area contributed by atoms with Gasteiger partial charge < -0.3 is 20.3 Å². The van der Waals surface area contributed by atoms with Crippen molar-refractivity contribution in [3.05, 3.63) is 71.1 Å². The number of rotatable bonds is 11. The number of aliphatic imine (C=N–C) groups is 2. The third-order valence-electron chi connectivity index (χ3n) is 4.70. The van der Waals surface area contributed by atoms with Crippen LogP contribution in [0.4, 0.5) is 8.78 Å². The fourth-order valence-electron chi connectivity index (χ4n) is 3.27. The van der Waals surface area contributed by atoms with Gasteiger partial charge in [-0.3, -0.25) is 14.9 Å². The average Bonchev–Trinajstić information content (AvgIpc) is 2.76. The smallest absolute Gasteiger partial charge is 0.338 e. The Morgan fingerprint density at radius 1 is 1.39 bits per heavy atom. The molecule has 0 bridgehead atoms. The van der Waals surface area contributed by atoms with Gasteiger partial charge in [-0.05, 0) is 12.1 Å². The number of methoxy groups -OCH3 is 1. The first-order valence-corrected chi connectivity index (χ1v) is 10.2. The fourth-order valence-corrected chi connectivity index (χ4v) is 3.54. The third-order valence-corrected chi connectivity index (χ3v) is 5.03. The summed E-state index contributed by atoms with van der Waals surface area (Å²) < 4.78 is 32.8. The Balaban J connectivity index is 2.74. The van der Waals surface area contributed by atoms with Crippen molar-refractivity contribution >= 4 is 29.1 Å². The van der Waals surface area contributed by atoms with Crippen LogP contribution in [0.3, 0.4) is 0 Å². The lowest BCUT2D eigenvalue weighted by Crippen LogP contribution is -2.43. The highest BCUT2D eigenvalue weighted by atomic mass is 35.5. The van der Waals surface area contributed by atoms with Crippen LogP contribution in [0, 0.1) is 5.82 Å². The van der Waals surface area contributed by atoms with Gasteiger partial charge in [0.15, 0.2) is 5.84 Å². The number of carbonyl (C=O) groups is 1. The largest absolute Gasteiger partial charge is 0.466 e. The molecule has 11 heteroatoms. The summed E-state index contributed by atoms with van der Waals surface area (Å²) in [7, 11) is 1.18. The number of amidine groups is 1. The third kappa shape index (κ3) is 6.55. The van der Waals surface area contributed by atoms with E-state index < -0.39 is 23.7 Å². The summed E-state index contributed by atoms with van der Waals surface area (Å²) in [5.41, 5.74) is 0.300. The normalized spacial score (nSPS) is 16.4. The zero-order valence-electron chi connectivity index (χ0n) is 18.0. The van der Waals surface area contributed by atoms with Crippen molar-refractivity contribution in [2.24, 2.45) is 9.98 Å². The first-order valence-electron chi connectivity index (χ1n) is 9.86. The molecule has 1 unspecified atom stereocenters. The predicted octanol–water partition coefficient (Wildman–Crippen LogP) is 2.30. The summed E-state index contributed by atoms with van der Waals surface area (Å²) in [5.74, 6) is -2.31. The van der Waals surface area contributed by atoms with Gasteiger partial charge in [-0.2, -0.15) is 0 Å². The van der Waals surface area contributed by atoms with E-state index in [1.807, 2.05) is 0 Å². The van der Waals surface area contributed by atoms with Crippen LogP contribution in [0.1, 0.15) is 11.6 Å². The number of esters is 1. The van der Waals surface area contributed by atoms with Crippen molar-refractivity contribution in [3.63, 3.8) is 0 Å². The van der Waals surface area contributed by atoms with Crippen molar-refractivity contribution in [1.29, 1.82) is 0 Å². The molecule has 1 aliphatic heterocycles. The van der Waals surface area contributed by atoms with Crippen LogP contribution in [-0.4, -0.2) is 72.6 Å². The number of nitrogens with one attached hydrogen (secondary N) is 1. The standard InChI is InChI=1S/C22H25ClF2N4O4/c1-4-26-19(13(2)24)21-27-17(12-29(7-9-30)8-10-31)18(22(32)33-3)20(28-21)15-6-5-14(25)11-16(15)23/h4-6,11,20,30-31H,1-2,7-10,12H2,3H3,(H,27,28). The lowest BCUT2D eigenvalue weighted by Gasteiger charge is -2.31. The molecular weight excluding hydrogens is 458 g/mol. The van der Waals surface area contributed by atoms with Crippen molar-refractivity contribution in [3.8, 4) is 0 Å². The van der Waals surface area contributed by atoms with Crippen molar-refractivity contribution in [2.45, 2.75) is 6.04 Å². The maximum Gasteiger partial charge on any atom is 0.338 e. The minimum absolute atomic E-state index is 0.00499. The number of hydrogen-bond donors (Lipinski definition) is 3. The number of nitrogens with zero attached hydrogens (tertiary/aromatic N) is 3. The van der Waals surface area contributed by atoms with E-state index in [1.165, 1.54) is 13.2 Å². The summed E-state index contributed by atoms with van der Waals surface area (Å²) in [6.45, 7) is 6.69. The minimum atomic E-state index is -1.10. The molecular formula is C22H25ClF2N4O4. The minimum Gasteiger partial charge on any atom is -0.466 e. The van der Waals surface area contributed by atoms with Gasteiger partial charge in [0.25, 0.3) is 0 Å². The van der Waals surface area contributed by atoms with Gasteiger partial charge in [-0.15, -0.1) is 0 Å². The second-order valence-corrected chi connectivity index (χ2v) is 7.25. The summed E-state index contributed by atoms with van der Waals surface area (Å²) in [4.78, 5) is 22.8. The number of halogens is 3. The zero-order chi connectivity index (χ0) is 24.5. The van der Waals surface area contributed by atoms with E-state index >= 15 is 0 Å². The summed E-state index contributed by atoms with van der Waals surface area (Å²) in [5, 5.41) is 21.6. The molecule has 178 valence electrons. The Kier molecular flexibility index (Phi) is 9.86. The number of aliphatic hydroxyl groups is 2. The molecule has 0 aliphatic carbocycles. The topological polar surface area (TPSA) is 107 Å². The van der Waals surface area contributed by atoms with E-state index in [-0.39, 0.29) is 66.3 Å². The van der Waals surface area contributed by atoms with E-state index in [0.717, 1.165) is 18.3 Å². The molecule has 0 spiro atoms. The van der Waals surface area contributed by atoms with Crippen LogP contribution < -0.4 is 5.32 Å². The van der Waals surface area contributed by atoms with Gasteiger partial charge in [-0.25, -0.2) is 13.6 Å². The van der Waals surface area contributed by atoms with Crippen LogP contribution in [-0.2, 0) is 9.53 Å². The molecule has 0 radical (unpaired) electrons. The molecule has 1 heterocycles. The highest BCUT2D eigenvalue weighted by molar-refractivity contribution is 6.47. The lowest BCUT2D eigenvalue weighted by atomic mass is 9.94. The Hall–Kier alpha value is -2.92. The Morgan fingerprint density at radius 3 is 2.58 bits per heavy atom. The number of carbonyl (C=O) groups excluding carboxylic acids is 1. The van der Waals surface area contributed by atoms with Crippen LogP contribution in [0.15, 0.2) is 64.6 Å². The van der Waals surface area contributed by atoms with E-state index in [1.54, 1.807) is 4.90 Å². The van der Waals surface area contributed by atoms with Gasteiger partial charge in [0.05, 0.1) is 25.9 Å². The Morgan fingerprint density at radius 2 is 2.06 bits per heavy atom. The molecule has 1 aromatic carbocycles. The second kappa shape index (κ2) is 12.4. The number of ether oxygens (including phenoxy) is 1. The fraction of sp³-hybridized carbons (Fsp3) is 0.318. The summed E-state index contributed by atoms with van der Waals surface area (Å²) in [6.07, 6.45) is 1.10. The molecule has 0 saturated carbocycles. The number of benzene rings is 1. The second-order valence-electron chi connectivity index (χ2n) is 6.84. The van der Waals surface area contributed by atoms with E-state index in [9.17, 15) is 23.8 Å². The van der Waals surface area contributed by atoms with Crippen LogP contribution >= 0.6 is 11.6 Å². The molecule has 33 heavy (non-hydrogen) atoms. The number of hydrogen-bond acceptors (Lipinski definition) is 8. The van der Waals surface area contributed by atoms with Gasteiger partial charge in [0.2, 0.25) is 0 Å². The molecule has 2 rings (SSSR count). The molecule has 1 aromatic rings. The maximum atomic E-state index is 14.2. The molecule has 0 aromatic heterocycles. The van der Waals surface area contributed by atoms with E-state index in [2.05, 4.69) is 28.5 Å². The first-order chi connectivity index (χ1) is 15.8.